The number of aromatic nitrogens is 2. The second kappa shape index (κ2) is 6.08. The highest BCUT2D eigenvalue weighted by Crippen LogP contribution is 2.29. The first-order valence-electron chi connectivity index (χ1n) is 7.78. The van der Waals surface area contributed by atoms with Crippen molar-refractivity contribution < 1.29 is 5.11 Å². The van der Waals surface area contributed by atoms with Gasteiger partial charge in [0, 0.05) is 11.3 Å². The molecule has 0 fully saturated rings. The summed E-state index contributed by atoms with van der Waals surface area (Å²) in [6.07, 6.45) is -0.592. The molecule has 1 atom stereocenters. The molecular weight excluding hydrogens is 322 g/mol. The van der Waals surface area contributed by atoms with Crippen LogP contribution in [0, 0.1) is 11.3 Å². The Morgan fingerprint density at radius 1 is 1.33 bits per heavy atom. The van der Waals surface area contributed by atoms with Crippen molar-refractivity contribution >= 4 is 11.8 Å². The quantitative estimate of drug-likeness (QED) is 0.807. The van der Waals surface area contributed by atoms with Gasteiger partial charge >= 0.3 is 0 Å². The molecule has 0 radical (unpaired) electrons. The lowest BCUT2D eigenvalue weighted by molar-refractivity contribution is 0.167. The minimum atomic E-state index is -0.592. The van der Waals surface area contributed by atoms with Gasteiger partial charge in [0.25, 0.3) is 5.56 Å². The molecular formula is C18H19N3O2S. The van der Waals surface area contributed by atoms with E-state index in [1.807, 2.05) is 30.3 Å². The summed E-state index contributed by atoms with van der Waals surface area (Å²) in [6, 6.07) is 9.81. The molecule has 2 aromatic rings. The fourth-order valence-electron chi connectivity index (χ4n) is 2.68. The van der Waals surface area contributed by atoms with Gasteiger partial charge in [-0.15, -0.1) is 0 Å². The third-order valence-electron chi connectivity index (χ3n) is 4.07. The van der Waals surface area contributed by atoms with Crippen LogP contribution in [0.25, 0.3) is 11.3 Å². The number of rotatable bonds is 1. The zero-order valence-corrected chi connectivity index (χ0v) is 14.7. The van der Waals surface area contributed by atoms with E-state index < -0.39 is 6.10 Å². The van der Waals surface area contributed by atoms with Gasteiger partial charge in [-0.2, -0.15) is 5.26 Å². The van der Waals surface area contributed by atoms with Gasteiger partial charge in [0.15, 0.2) is 5.16 Å². The standard InChI is InChI=1S/C18H19N3O2S/c1-18(2,3)12-6-4-11(5-7-12)15-14(8-19)16(23)21-9-13(22)10-24-17(21)20-15/h4-7,13,22H,9-10H2,1-3H3. The summed E-state index contributed by atoms with van der Waals surface area (Å²) in [5.41, 5.74) is 2.02. The fourth-order valence-corrected chi connectivity index (χ4v) is 3.59. The molecule has 3 rings (SSSR count). The van der Waals surface area contributed by atoms with Crippen LogP contribution in [0.3, 0.4) is 0 Å². The van der Waals surface area contributed by atoms with Crippen molar-refractivity contribution in [2.75, 3.05) is 5.75 Å². The van der Waals surface area contributed by atoms with Crippen molar-refractivity contribution in [3.05, 3.63) is 45.7 Å². The minimum Gasteiger partial charge on any atom is -0.390 e. The monoisotopic (exact) mass is 341 g/mol. The number of nitriles is 1. The lowest BCUT2D eigenvalue weighted by Gasteiger charge is -2.22. The first-order chi connectivity index (χ1) is 11.3. The highest BCUT2D eigenvalue weighted by Gasteiger charge is 2.24. The number of hydrogen-bond donors (Lipinski definition) is 1. The summed E-state index contributed by atoms with van der Waals surface area (Å²) in [5.74, 6) is 0.501. The Kier molecular flexibility index (Phi) is 4.24. The molecule has 1 unspecified atom stereocenters. The van der Waals surface area contributed by atoms with Gasteiger partial charge in [-0.1, -0.05) is 56.8 Å². The summed E-state index contributed by atoms with van der Waals surface area (Å²) >= 11 is 1.34. The largest absolute Gasteiger partial charge is 0.390 e. The van der Waals surface area contributed by atoms with Gasteiger partial charge in [0.1, 0.15) is 11.6 Å². The van der Waals surface area contributed by atoms with Gasteiger partial charge in [0.05, 0.1) is 18.3 Å². The maximum atomic E-state index is 12.6. The number of hydrogen-bond acceptors (Lipinski definition) is 5. The highest BCUT2D eigenvalue weighted by atomic mass is 32.2. The van der Waals surface area contributed by atoms with E-state index in [0.717, 1.165) is 5.56 Å². The third kappa shape index (κ3) is 2.97. The summed E-state index contributed by atoms with van der Waals surface area (Å²) in [7, 11) is 0. The third-order valence-corrected chi connectivity index (χ3v) is 5.19. The summed E-state index contributed by atoms with van der Waals surface area (Å²) in [4.78, 5) is 17.1. The Hall–Kier alpha value is -2.10. The first kappa shape index (κ1) is 16.7. The molecule has 24 heavy (non-hydrogen) atoms. The molecule has 0 saturated heterocycles. The Morgan fingerprint density at radius 2 is 2.00 bits per heavy atom. The van der Waals surface area contributed by atoms with Crippen LogP contribution in [0.15, 0.2) is 34.2 Å². The summed E-state index contributed by atoms with van der Waals surface area (Å²) in [6.45, 7) is 6.59. The SMILES string of the molecule is CC(C)(C)c1ccc(-c2nc3n(c(=O)c2C#N)CC(O)CS3)cc1. The van der Waals surface area contributed by atoms with Gasteiger partial charge in [0.2, 0.25) is 0 Å². The molecule has 0 saturated carbocycles. The van der Waals surface area contributed by atoms with Crippen LogP contribution in [-0.4, -0.2) is 26.5 Å². The van der Waals surface area contributed by atoms with Crippen molar-refractivity contribution in [2.24, 2.45) is 0 Å². The van der Waals surface area contributed by atoms with Gasteiger partial charge < -0.3 is 5.11 Å². The molecule has 1 aromatic heterocycles. The molecule has 1 aliphatic rings. The van der Waals surface area contributed by atoms with Crippen LogP contribution in [0.2, 0.25) is 0 Å². The normalized spacial score (nSPS) is 17.2. The fraction of sp³-hybridized carbons (Fsp3) is 0.389. The maximum absolute atomic E-state index is 12.6. The van der Waals surface area contributed by atoms with Crippen molar-refractivity contribution in [1.82, 2.24) is 9.55 Å². The first-order valence-corrected chi connectivity index (χ1v) is 8.76. The molecule has 5 nitrogen and oxygen atoms in total. The van der Waals surface area contributed by atoms with Crippen LogP contribution >= 0.6 is 11.8 Å². The molecule has 0 amide bonds. The van der Waals surface area contributed by atoms with Crippen LogP contribution in [-0.2, 0) is 12.0 Å². The van der Waals surface area contributed by atoms with E-state index in [9.17, 15) is 15.2 Å². The molecule has 1 aromatic carbocycles. The van der Waals surface area contributed by atoms with Crippen molar-refractivity contribution in [1.29, 1.82) is 5.26 Å². The number of benzene rings is 1. The average molecular weight is 341 g/mol. The predicted molar refractivity (Wildman–Crippen MR) is 94.1 cm³/mol. The molecule has 1 aliphatic heterocycles. The number of aliphatic hydroxyl groups excluding tert-OH is 1. The number of nitrogens with zero attached hydrogens (tertiary/aromatic N) is 3. The molecule has 1 N–H and O–H groups in total. The Bertz CT molecular complexity index is 873. The van der Waals surface area contributed by atoms with Gasteiger partial charge in [-0.25, -0.2) is 4.98 Å². The Morgan fingerprint density at radius 3 is 2.58 bits per heavy atom. The average Bonchev–Trinajstić information content (AvgIpc) is 2.54. The van der Waals surface area contributed by atoms with E-state index in [0.29, 0.717) is 16.6 Å². The number of aliphatic hydroxyl groups is 1. The lowest BCUT2D eigenvalue weighted by Crippen LogP contribution is -2.35. The van der Waals surface area contributed by atoms with Crippen LogP contribution in [0.4, 0.5) is 0 Å². The second-order valence-electron chi connectivity index (χ2n) is 6.94. The molecule has 124 valence electrons. The Labute approximate surface area is 145 Å². The van der Waals surface area contributed by atoms with Gasteiger partial charge in [-0.05, 0) is 11.0 Å². The highest BCUT2D eigenvalue weighted by molar-refractivity contribution is 7.99. The zero-order chi connectivity index (χ0) is 17.5. The van der Waals surface area contributed by atoms with Gasteiger partial charge in [-0.3, -0.25) is 9.36 Å². The van der Waals surface area contributed by atoms with E-state index in [1.165, 1.54) is 21.9 Å². The lowest BCUT2D eigenvalue weighted by atomic mass is 9.86. The summed E-state index contributed by atoms with van der Waals surface area (Å²) in [5, 5.41) is 19.7. The van der Waals surface area contributed by atoms with Crippen molar-refractivity contribution in [3.63, 3.8) is 0 Å². The predicted octanol–water partition coefficient (Wildman–Crippen LogP) is 2.55. The van der Waals surface area contributed by atoms with Crippen molar-refractivity contribution in [2.45, 2.75) is 44.0 Å². The van der Waals surface area contributed by atoms with Crippen molar-refractivity contribution in [3.8, 4) is 17.3 Å². The van der Waals surface area contributed by atoms with E-state index in [2.05, 4.69) is 25.8 Å². The Balaban J connectivity index is 2.14. The van der Waals surface area contributed by atoms with Crippen LogP contribution in [0.5, 0.6) is 0 Å². The summed E-state index contributed by atoms with van der Waals surface area (Å²) < 4.78 is 1.39. The maximum Gasteiger partial charge on any atom is 0.272 e. The van der Waals surface area contributed by atoms with E-state index in [1.54, 1.807) is 0 Å². The molecule has 0 aliphatic carbocycles. The zero-order valence-electron chi connectivity index (χ0n) is 13.9. The van der Waals surface area contributed by atoms with E-state index in [4.69, 9.17) is 0 Å². The number of fused-ring (bicyclic) bond motifs is 1. The molecule has 2 heterocycles. The molecule has 0 bridgehead atoms. The second-order valence-corrected chi connectivity index (χ2v) is 7.92. The van der Waals surface area contributed by atoms with Crippen LogP contribution < -0.4 is 5.56 Å². The van der Waals surface area contributed by atoms with E-state index in [-0.39, 0.29) is 23.1 Å². The minimum absolute atomic E-state index is 0.0250. The molecule has 0 spiro atoms. The number of thioether (sulfide) groups is 1. The smallest absolute Gasteiger partial charge is 0.272 e. The van der Waals surface area contributed by atoms with Crippen LogP contribution in [0.1, 0.15) is 31.9 Å². The topological polar surface area (TPSA) is 78.9 Å². The molecule has 6 heteroatoms. The van der Waals surface area contributed by atoms with E-state index >= 15 is 0 Å².